The third-order valence-electron chi connectivity index (χ3n) is 1.05. The summed E-state index contributed by atoms with van der Waals surface area (Å²) in [6, 6.07) is 0. The van der Waals surface area contributed by atoms with Gasteiger partial charge in [-0.15, -0.1) is 0 Å². The molecule has 68 valence electrons. The maximum absolute atomic E-state index is 10.7. The molecule has 0 aromatic carbocycles. The molecule has 0 fully saturated rings. The second-order valence-electron chi connectivity index (χ2n) is 2.04. The van der Waals surface area contributed by atoms with E-state index in [1.165, 1.54) is 7.11 Å². The molecule has 0 saturated carbocycles. The highest BCUT2D eigenvalue weighted by Gasteiger charge is 2.16. The average molecular weight is 202 g/mol. The van der Waals surface area contributed by atoms with Gasteiger partial charge in [-0.2, -0.15) is 12.7 Å². The maximum Gasteiger partial charge on any atom is 0.301 e. The van der Waals surface area contributed by atoms with Crippen molar-refractivity contribution in [2.45, 2.75) is 13.3 Å². The Kier molecular flexibility index (Phi) is 4.99. The SMILES string of the molecule is CCCN(COC)S(=O)(=O)Cl. The fraction of sp³-hybridized carbons (Fsp3) is 1.00. The molecule has 0 spiro atoms. The normalized spacial score (nSPS) is 12.4. The molecule has 0 aliphatic rings. The molecule has 0 bridgehead atoms. The third-order valence-corrected chi connectivity index (χ3v) is 2.54. The first-order valence-electron chi connectivity index (χ1n) is 3.21. The smallest absolute Gasteiger partial charge is 0.301 e. The summed E-state index contributed by atoms with van der Waals surface area (Å²) in [4.78, 5) is 0. The molecule has 0 heterocycles. The van der Waals surface area contributed by atoms with Crippen molar-refractivity contribution in [1.82, 2.24) is 4.31 Å². The molecular formula is C5H12ClNO3S. The first-order chi connectivity index (χ1) is 5.02. The summed E-state index contributed by atoms with van der Waals surface area (Å²) < 4.78 is 27.2. The molecule has 11 heavy (non-hydrogen) atoms. The summed E-state index contributed by atoms with van der Waals surface area (Å²) in [6.45, 7) is 2.27. The largest absolute Gasteiger partial charge is 0.368 e. The van der Waals surface area contributed by atoms with Crippen LogP contribution in [0.4, 0.5) is 0 Å². The van der Waals surface area contributed by atoms with E-state index in [9.17, 15) is 8.42 Å². The molecule has 0 atom stereocenters. The Morgan fingerprint density at radius 3 is 2.36 bits per heavy atom. The van der Waals surface area contributed by atoms with E-state index in [2.05, 4.69) is 4.74 Å². The summed E-state index contributed by atoms with van der Waals surface area (Å²) in [6.07, 6.45) is 0.718. The van der Waals surface area contributed by atoms with E-state index >= 15 is 0 Å². The Bertz CT molecular complexity index is 186. The van der Waals surface area contributed by atoms with E-state index in [4.69, 9.17) is 10.7 Å². The summed E-state index contributed by atoms with van der Waals surface area (Å²) >= 11 is 0. The van der Waals surface area contributed by atoms with Gasteiger partial charge in [0.2, 0.25) is 0 Å². The van der Waals surface area contributed by atoms with Crippen molar-refractivity contribution in [1.29, 1.82) is 0 Å². The highest BCUT2D eigenvalue weighted by atomic mass is 35.7. The van der Waals surface area contributed by atoms with Crippen molar-refractivity contribution in [3.8, 4) is 0 Å². The van der Waals surface area contributed by atoms with E-state index in [0.717, 1.165) is 10.7 Å². The van der Waals surface area contributed by atoms with Gasteiger partial charge in [0, 0.05) is 24.3 Å². The van der Waals surface area contributed by atoms with Gasteiger partial charge < -0.3 is 4.74 Å². The van der Waals surface area contributed by atoms with Gasteiger partial charge in [0.25, 0.3) is 0 Å². The lowest BCUT2D eigenvalue weighted by atomic mass is 10.5. The van der Waals surface area contributed by atoms with Gasteiger partial charge in [0.05, 0.1) is 0 Å². The number of ether oxygens (including phenoxy) is 1. The van der Waals surface area contributed by atoms with Gasteiger partial charge in [0.15, 0.2) is 0 Å². The molecule has 6 heteroatoms. The van der Waals surface area contributed by atoms with E-state index in [0.29, 0.717) is 6.54 Å². The monoisotopic (exact) mass is 201 g/mol. The summed E-state index contributed by atoms with van der Waals surface area (Å²) in [5, 5.41) is 0. The van der Waals surface area contributed by atoms with Crippen LogP contribution in [0.5, 0.6) is 0 Å². The predicted octanol–water partition coefficient (Wildman–Crippen LogP) is 0.786. The quantitative estimate of drug-likeness (QED) is 0.488. The number of hydrogen-bond acceptors (Lipinski definition) is 3. The average Bonchev–Trinajstić information content (AvgIpc) is 1.85. The van der Waals surface area contributed by atoms with Crippen molar-refractivity contribution >= 4 is 19.9 Å². The fourth-order valence-corrected chi connectivity index (χ4v) is 1.59. The predicted molar refractivity (Wildman–Crippen MR) is 43.6 cm³/mol. The first kappa shape index (κ1) is 11.2. The zero-order chi connectivity index (χ0) is 8.91. The minimum Gasteiger partial charge on any atom is -0.368 e. The van der Waals surface area contributed by atoms with Crippen LogP contribution in [-0.2, 0) is 14.0 Å². The molecule has 0 radical (unpaired) electrons. The molecule has 4 nitrogen and oxygen atoms in total. The maximum atomic E-state index is 10.7. The topological polar surface area (TPSA) is 46.6 Å². The Hall–Kier alpha value is 0.160. The van der Waals surface area contributed by atoms with Gasteiger partial charge in [-0.1, -0.05) is 6.92 Å². The van der Waals surface area contributed by atoms with Gasteiger partial charge in [-0.3, -0.25) is 0 Å². The van der Waals surface area contributed by atoms with E-state index < -0.39 is 9.24 Å². The van der Waals surface area contributed by atoms with Crippen molar-refractivity contribution in [2.24, 2.45) is 0 Å². The van der Waals surface area contributed by atoms with E-state index in [-0.39, 0.29) is 6.73 Å². The highest BCUT2D eigenvalue weighted by Crippen LogP contribution is 2.06. The molecule has 0 saturated heterocycles. The Morgan fingerprint density at radius 2 is 2.09 bits per heavy atom. The number of methoxy groups -OCH3 is 1. The van der Waals surface area contributed by atoms with E-state index in [1.54, 1.807) is 0 Å². The van der Waals surface area contributed by atoms with E-state index in [1.807, 2.05) is 6.92 Å². The summed E-state index contributed by atoms with van der Waals surface area (Å²) in [5.74, 6) is 0. The van der Waals surface area contributed by atoms with Crippen LogP contribution in [0, 0.1) is 0 Å². The van der Waals surface area contributed by atoms with Gasteiger partial charge in [-0.05, 0) is 6.42 Å². The van der Waals surface area contributed by atoms with Crippen LogP contribution in [0.2, 0.25) is 0 Å². The van der Waals surface area contributed by atoms with Crippen molar-refractivity contribution in [3.05, 3.63) is 0 Å². The zero-order valence-corrected chi connectivity index (χ0v) is 8.15. The highest BCUT2D eigenvalue weighted by molar-refractivity contribution is 8.11. The Morgan fingerprint density at radius 1 is 1.55 bits per heavy atom. The molecule has 0 aromatic heterocycles. The van der Waals surface area contributed by atoms with Crippen LogP contribution in [0.25, 0.3) is 0 Å². The molecular weight excluding hydrogens is 190 g/mol. The number of hydrogen-bond donors (Lipinski definition) is 0. The first-order valence-corrected chi connectivity index (χ1v) is 5.47. The van der Waals surface area contributed by atoms with Crippen molar-refractivity contribution in [3.63, 3.8) is 0 Å². The Balaban J connectivity index is 4.11. The second-order valence-corrected chi connectivity index (χ2v) is 4.55. The van der Waals surface area contributed by atoms with Crippen LogP contribution in [0.15, 0.2) is 0 Å². The second kappa shape index (κ2) is 4.92. The minimum atomic E-state index is -3.61. The molecule has 0 amide bonds. The Labute approximate surface area is 71.6 Å². The van der Waals surface area contributed by atoms with Crippen LogP contribution in [0.1, 0.15) is 13.3 Å². The molecule has 0 N–H and O–H groups in total. The lowest BCUT2D eigenvalue weighted by Crippen LogP contribution is -2.29. The standard InChI is InChI=1S/C5H12ClNO3S/c1-3-4-7(5-10-2)11(6,8)9/h3-5H2,1-2H3. The molecule has 0 aliphatic heterocycles. The van der Waals surface area contributed by atoms with Crippen LogP contribution in [-0.4, -0.2) is 33.1 Å². The van der Waals surface area contributed by atoms with Crippen molar-refractivity contribution in [2.75, 3.05) is 20.4 Å². The number of nitrogens with zero attached hydrogens (tertiary/aromatic N) is 1. The third kappa shape index (κ3) is 4.58. The van der Waals surface area contributed by atoms with Crippen molar-refractivity contribution < 1.29 is 13.2 Å². The summed E-state index contributed by atoms with van der Waals surface area (Å²) in [5.41, 5.74) is 0. The molecule has 0 aliphatic carbocycles. The zero-order valence-electron chi connectivity index (χ0n) is 6.58. The number of halogens is 1. The van der Waals surface area contributed by atoms with Crippen LogP contribution >= 0.6 is 10.7 Å². The molecule has 0 aromatic rings. The van der Waals surface area contributed by atoms with Crippen LogP contribution < -0.4 is 0 Å². The minimum absolute atomic E-state index is 0.0136. The molecule has 0 rings (SSSR count). The lowest BCUT2D eigenvalue weighted by Gasteiger charge is -2.15. The van der Waals surface area contributed by atoms with Gasteiger partial charge in [0.1, 0.15) is 6.73 Å². The van der Waals surface area contributed by atoms with Gasteiger partial charge >= 0.3 is 9.24 Å². The van der Waals surface area contributed by atoms with Crippen LogP contribution in [0.3, 0.4) is 0 Å². The van der Waals surface area contributed by atoms with Gasteiger partial charge in [-0.25, -0.2) is 0 Å². The molecule has 0 unspecified atom stereocenters. The lowest BCUT2D eigenvalue weighted by molar-refractivity contribution is 0.119. The number of rotatable bonds is 5. The summed E-state index contributed by atoms with van der Waals surface area (Å²) in [7, 11) is 2.89. The fourth-order valence-electron chi connectivity index (χ4n) is 0.630.